The molecule has 3 N–H and O–H groups in total. The molecule has 0 heterocycles. The molecule has 0 saturated heterocycles. The summed E-state index contributed by atoms with van der Waals surface area (Å²) in [6.45, 7) is 9.53. The van der Waals surface area contributed by atoms with E-state index in [2.05, 4.69) is 28.5 Å². The summed E-state index contributed by atoms with van der Waals surface area (Å²) in [7, 11) is 1.13. The summed E-state index contributed by atoms with van der Waals surface area (Å²) in [6, 6.07) is -1.82. The van der Waals surface area contributed by atoms with Gasteiger partial charge in [-0.25, -0.2) is 4.79 Å². The van der Waals surface area contributed by atoms with Gasteiger partial charge in [-0.1, -0.05) is 19.1 Å². The molecule has 4 atom stereocenters. The molecule has 0 spiro atoms. The third-order valence-electron chi connectivity index (χ3n) is 3.81. The van der Waals surface area contributed by atoms with Crippen LogP contribution in [0, 0.1) is 11.8 Å². The Labute approximate surface area is 165 Å². The van der Waals surface area contributed by atoms with E-state index in [1.165, 1.54) is 6.08 Å². The highest BCUT2D eigenvalue weighted by Crippen LogP contribution is 2.08. The number of aliphatic hydroxyl groups is 1. The van der Waals surface area contributed by atoms with Crippen LogP contribution in [0.3, 0.4) is 0 Å². The van der Waals surface area contributed by atoms with Crippen molar-refractivity contribution in [1.29, 1.82) is 0 Å². The normalized spacial score (nSPS) is 14.6. The monoisotopic (exact) mass is 398 g/mol. The summed E-state index contributed by atoms with van der Waals surface area (Å²) in [5.74, 6) is -4.38. The molecule has 0 aromatic heterocycles. The zero-order valence-corrected chi connectivity index (χ0v) is 16.6. The number of amides is 2. The van der Waals surface area contributed by atoms with Gasteiger partial charge in [0.05, 0.1) is 19.6 Å². The van der Waals surface area contributed by atoms with Crippen molar-refractivity contribution in [3.05, 3.63) is 25.3 Å². The molecule has 1 unspecified atom stereocenters. The molecule has 9 nitrogen and oxygen atoms in total. The molecule has 2 amide bonds. The Morgan fingerprint density at radius 1 is 1.00 bits per heavy atom. The van der Waals surface area contributed by atoms with Crippen LogP contribution in [0.1, 0.15) is 26.7 Å². The number of aliphatic hydroxyl groups excluding tert-OH is 1. The third kappa shape index (κ3) is 8.81. The number of rotatable bonds is 13. The van der Waals surface area contributed by atoms with E-state index in [9.17, 15) is 19.2 Å². The van der Waals surface area contributed by atoms with Crippen molar-refractivity contribution >= 4 is 23.8 Å². The number of carbonyl (C=O) groups excluding carboxylic acids is 4. The second-order valence-corrected chi connectivity index (χ2v) is 6.31. The molecule has 0 radical (unpaired) electrons. The molecule has 28 heavy (non-hydrogen) atoms. The SMILES string of the molecule is C=CCC(C(=O)N[C@@H](C)CO)C(=O)N[C@H](COC(=O)[C@@H](C)CC=C)C(=O)OC. The van der Waals surface area contributed by atoms with Gasteiger partial charge in [0.2, 0.25) is 11.8 Å². The number of hydrogen-bond donors (Lipinski definition) is 3. The lowest BCUT2D eigenvalue weighted by Gasteiger charge is -2.22. The lowest BCUT2D eigenvalue weighted by molar-refractivity contribution is -0.155. The Morgan fingerprint density at radius 3 is 2.07 bits per heavy atom. The number of allylic oxidation sites excluding steroid dienone is 2. The quantitative estimate of drug-likeness (QED) is 0.228. The average molecular weight is 398 g/mol. The van der Waals surface area contributed by atoms with E-state index in [0.29, 0.717) is 6.42 Å². The highest BCUT2D eigenvalue weighted by Gasteiger charge is 2.31. The van der Waals surface area contributed by atoms with Crippen LogP contribution in [0.15, 0.2) is 25.3 Å². The molecule has 0 bridgehead atoms. The van der Waals surface area contributed by atoms with Gasteiger partial charge in [-0.2, -0.15) is 0 Å². The first-order chi connectivity index (χ1) is 13.2. The summed E-state index contributed by atoms with van der Waals surface area (Å²) in [6.07, 6.45) is 3.37. The van der Waals surface area contributed by atoms with Crippen LogP contribution in [-0.2, 0) is 28.7 Å². The van der Waals surface area contributed by atoms with Crippen molar-refractivity contribution in [1.82, 2.24) is 10.6 Å². The van der Waals surface area contributed by atoms with Crippen LogP contribution in [-0.4, -0.2) is 61.3 Å². The number of carbonyl (C=O) groups is 4. The van der Waals surface area contributed by atoms with Crippen LogP contribution in [0.25, 0.3) is 0 Å². The van der Waals surface area contributed by atoms with Gasteiger partial charge in [0.15, 0.2) is 6.04 Å². The van der Waals surface area contributed by atoms with E-state index in [1.807, 2.05) is 0 Å². The molecule has 0 saturated carbocycles. The van der Waals surface area contributed by atoms with Gasteiger partial charge in [0, 0.05) is 6.04 Å². The van der Waals surface area contributed by atoms with Gasteiger partial charge in [0.25, 0.3) is 0 Å². The fourth-order valence-corrected chi connectivity index (χ4v) is 2.13. The number of methoxy groups -OCH3 is 1. The second kappa shape index (κ2) is 13.5. The summed E-state index contributed by atoms with van der Waals surface area (Å²) >= 11 is 0. The van der Waals surface area contributed by atoms with E-state index >= 15 is 0 Å². The highest BCUT2D eigenvalue weighted by atomic mass is 16.5. The highest BCUT2D eigenvalue weighted by molar-refractivity contribution is 6.01. The Morgan fingerprint density at radius 2 is 1.57 bits per heavy atom. The molecule has 0 fully saturated rings. The Balaban J connectivity index is 5.11. The second-order valence-electron chi connectivity index (χ2n) is 6.31. The molecule has 0 aliphatic carbocycles. The topological polar surface area (TPSA) is 131 Å². The van der Waals surface area contributed by atoms with Crippen molar-refractivity contribution in [3.63, 3.8) is 0 Å². The smallest absolute Gasteiger partial charge is 0.331 e. The first-order valence-electron chi connectivity index (χ1n) is 8.89. The number of nitrogens with one attached hydrogen (secondary N) is 2. The average Bonchev–Trinajstić information content (AvgIpc) is 2.67. The molecule has 0 aromatic rings. The standard InChI is InChI=1S/C19H30N2O7/c1-6-8-12(3)18(25)28-11-15(19(26)27-5)21-17(24)14(9-7-2)16(23)20-13(4)10-22/h6-7,12-15,22H,1-2,8-11H2,3-5H3,(H,20,23)(H,21,24)/t12-,13-,14?,15+/m0/s1. The summed E-state index contributed by atoms with van der Waals surface area (Å²) in [4.78, 5) is 48.6. The predicted octanol–water partition coefficient (Wildman–Crippen LogP) is 0.0889. The zero-order chi connectivity index (χ0) is 21.7. The van der Waals surface area contributed by atoms with Crippen LogP contribution in [0.5, 0.6) is 0 Å². The van der Waals surface area contributed by atoms with E-state index < -0.39 is 54.3 Å². The minimum Gasteiger partial charge on any atom is -0.467 e. The molecule has 0 aliphatic rings. The molecule has 0 aromatic carbocycles. The van der Waals surface area contributed by atoms with Crippen molar-refractivity contribution in [2.75, 3.05) is 20.3 Å². The summed E-state index contributed by atoms with van der Waals surface area (Å²) < 4.78 is 9.69. The molecule has 9 heteroatoms. The van der Waals surface area contributed by atoms with E-state index in [1.54, 1.807) is 19.9 Å². The van der Waals surface area contributed by atoms with Gasteiger partial charge in [0.1, 0.15) is 12.5 Å². The van der Waals surface area contributed by atoms with E-state index in [-0.39, 0.29) is 13.0 Å². The van der Waals surface area contributed by atoms with E-state index in [4.69, 9.17) is 9.84 Å². The molecule has 0 aliphatic heterocycles. The minimum atomic E-state index is -1.27. The van der Waals surface area contributed by atoms with Gasteiger partial charge in [-0.05, 0) is 19.8 Å². The maximum atomic E-state index is 12.5. The first kappa shape index (κ1) is 25.3. The van der Waals surface area contributed by atoms with Crippen molar-refractivity contribution < 1.29 is 33.8 Å². The minimum absolute atomic E-state index is 0.0138. The Kier molecular flexibility index (Phi) is 12.2. The van der Waals surface area contributed by atoms with Crippen LogP contribution in [0.4, 0.5) is 0 Å². The van der Waals surface area contributed by atoms with Crippen molar-refractivity contribution in [3.8, 4) is 0 Å². The fourth-order valence-electron chi connectivity index (χ4n) is 2.13. The van der Waals surface area contributed by atoms with E-state index in [0.717, 1.165) is 7.11 Å². The largest absolute Gasteiger partial charge is 0.467 e. The number of esters is 2. The van der Waals surface area contributed by atoms with Crippen molar-refractivity contribution in [2.24, 2.45) is 11.8 Å². The van der Waals surface area contributed by atoms with Crippen LogP contribution in [0.2, 0.25) is 0 Å². The lowest BCUT2D eigenvalue weighted by Crippen LogP contribution is -2.51. The predicted molar refractivity (Wildman–Crippen MR) is 102 cm³/mol. The maximum absolute atomic E-state index is 12.5. The summed E-state index contributed by atoms with van der Waals surface area (Å²) in [5.41, 5.74) is 0. The fraction of sp³-hybridized carbons (Fsp3) is 0.579. The van der Waals surface area contributed by atoms with Crippen molar-refractivity contribution in [2.45, 2.75) is 38.8 Å². The third-order valence-corrected chi connectivity index (χ3v) is 3.81. The van der Waals surface area contributed by atoms with Gasteiger partial charge < -0.3 is 25.2 Å². The van der Waals surface area contributed by atoms with Gasteiger partial charge >= 0.3 is 11.9 Å². The number of ether oxygens (including phenoxy) is 2. The molecular formula is C19H30N2O7. The Hall–Kier alpha value is -2.68. The van der Waals surface area contributed by atoms with Crippen LogP contribution < -0.4 is 10.6 Å². The molecular weight excluding hydrogens is 368 g/mol. The zero-order valence-electron chi connectivity index (χ0n) is 16.6. The number of hydrogen-bond acceptors (Lipinski definition) is 7. The Bertz CT molecular complexity index is 577. The van der Waals surface area contributed by atoms with Gasteiger partial charge in [-0.3, -0.25) is 14.4 Å². The van der Waals surface area contributed by atoms with Gasteiger partial charge in [-0.15, -0.1) is 13.2 Å². The van der Waals surface area contributed by atoms with Crippen LogP contribution >= 0.6 is 0 Å². The molecule has 158 valence electrons. The summed E-state index contributed by atoms with van der Waals surface area (Å²) in [5, 5.41) is 13.9. The first-order valence-corrected chi connectivity index (χ1v) is 8.89. The lowest BCUT2D eigenvalue weighted by atomic mass is 10.0. The molecule has 0 rings (SSSR count). The maximum Gasteiger partial charge on any atom is 0.331 e.